The van der Waals surface area contributed by atoms with Crippen molar-refractivity contribution in [1.82, 2.24) is 4.72 Å². The number of aliphatic hydroxyl groups is 1. The number of carbonyl (C=O) groups is 2. The number of carbonyl (C=O) groups excluding carboxylic acids is 2. The lowest BCUT2D eigenvalue weighted by atomic mass is 9.95. The fraction of sp³-hybridized carbons (Fsp3) is 0.115. The summed E-state index contributed by atoms with van der Waals surface area (Å²) in [6, 6.07) is 16.8. The van der Waals surface area contributed by atoms with Gasteiger partial charge in [0.25, 0.3) is 10.0 Å². The van der Waals surface area contributed by atoms with Crippen LogP contribution in [0.3, 0.4) is 0 Å². The van der Waals surface area contributed by atoms with Gasteiger partial charge < -0.3 is 15.7 Å². The number of anilines is 2. The molecule has 5 N–H and O–H groups in total. The monoisotopic (exact) mass is 522 g/mol. The molecule has 0 bridgehead atoms. The fourth-order valence-corrected chi connectivity index (χ4v) is 4.67. The van der Waals surface area contributed by atoms with Crippen molar-refractivity contribution in [1.29, 1.82) is 5.41 Å². The van der Waals surface area contributed by atoms with Crippen molar-refractivity contribution in [3.63, 3.8) is 0 Å². The number of hydrogen-bond acceptors (Lipinski definition) is 8. The standard InChI is InChI=1S/C26H23FN4O5S/c1-26(2,34)25(28)31-37(35,36)18-10-6-8-16(14-18)23(33)21(22(32)15-7-5-9-17(27)13-15)24-29-19-11-3-4-12-20(19)30-24/h3-14,29-30,34H,1-2H3,(H2,28,31). The minimum Gasteiger partial charge on any atom is -0.383 e. The first-order valence-corrected chi connectivity index (χ1v) is 12.5. The molecule has 0 radical (unpaired) electrons. The Labute approximate surface area is 212 Å². The fourth-order valence-electron chi connectivity index (χ4n) is 3.50. The first-order chi connectivity index (χ1) is 17.4. The summed E-state index contributed by atoms with van der Waals surface area (Å²) in [4.78, 5) is 26.8. The molecule has 1 aliphatic heterocycles. The number of para-hydroxylation sites is 2. The van der Waals surface area contributed by atoms with Crippen LogP contribution in [0.2, 0.25) is 0 Å². The highest BCUT2D eigenvalue weighted by atomic mass is 32.2. The number of Topliss-reactive ketones (excluding diaryl/α,β-unsaturated/α-hetero) is 2. The molecule has 0 fully saturated rings. The molecule has 190 valence electrons. The zero-order valence-corrected chi connectivity index (χ0v) is 20.6. The van der Waals surface area contributed by atoms with Gasteiger partial charge in [-0.15, -0.1) is 0 Å². The van der Waals surface area contributed by atoms with Crippen LogP contribution in [0.4, 0.5) is 15.8 Å². The summed E-state index contributed by atoms with van der Waals surface area (Å²) in [6.07, 6.45) is 0. The summed E-state index contributed by atoms with van der Waals surface area (Å²) in [5.74, 6) is -2.85. The molecule has 0 atom stereocenters. The third-order valence-electron chi connectivity index (χ3n) is 5.49. The van der Waals surface area contributed by atoms with E-state index in [0.29, 0.717) is 11.4 Å². The highest BCUT2D eigenvalue weighted by Crippen LogP contribution is 2.33. The third-order valence-corrected chi connectivity index (χ3v) is 6.84. The smallest absolute Gasteiger partial charge is 0.262 e. The number of halogens is 1. The zero-order chi connectivity index (χ0) is 27.0. The molecule has 0 saturated heterocycles. The molecule has 1 aliphatic rings. The van der Waals surface area contributed by atoms with Gasteiger partial charge in [-0.3, -0.25) is 19.7 Å². The van der Waals surface area contributed by atoms with Gasteiger partial charge in [-0.2, -0.15) is 0 Å². The van der Waals surface area contributed by atoms with Crippen LogP contribution in [-0.2, 0) is 10.0 Å². The minimum atomic E-state index is -4.33. The topological polar surface area (TPSA) is 148 Å². The van der Waals surface area contributed by atoms with Crippen molar-refractivity contribution in [2.45, 2.75) is 24.3 Å². The Morgan fingerprint density at radius 3 is 1.97 bits per heavy atom. The molecule has 37 heavy (non-hydrogen) atoms. The molecule has 0 unspecified atom stereocenters. The van der Waals surface area contributed by atoms with Crippen LogP contribution >= 0.6 is 0 Å². The van der Waals surface area contributed by atoms with Gasteiger partial charge in [0.2, 0.25) is 11.6 Å². The Bertz CT molecular complexity index is 1550. The van der Waals surface area contributed by atoms with Crippen LogP contribution in [0.15, 0.2) is 89.1 Å². The molecule has 4 rings (SSSR count). The van der Waals surface area contributed by atoms with E-state index in [4.69, 9.17) is 5.41 Å². The Morgan fingerprint density at radius 2 is 1.43 bits per heavy atom. The lowest BCUT2D eigenvalue weighted by Gasteiger charge is -2.20. The number of benzene rings is 3. The van der Waals surface area contributed by atoms with Crippen LogP contribution in [0.1, 0.15) is 34.6 Å². The van der Waals surface area contributed by atoms with Gasteiger partial charge >= 0.3 is 0 Å². The molecule has 9 nitrogen and oxygen atoms in total. The molecule has 0 spiro atoms. The second kappa shape index (κ2) is 9.60. The Balaban J connectivity index is 1.77. The second-order valence-corrected chi connectivity index (χ2v) is 10.5. The van der Waals surface area contributed by atoms with Crippen molar-refractivity contribution in [2.24, 2.45) is 0 Å². The van der Waals surface area contributed by atoms with Gasteiger partial charge in [0, 0.05) is 11.1 Å². The van der Waals surface area contributed by atoms with Crippen LogP contribution in [-0.4, -0.2) is 36.5 Å². The largest absolute Gasteiger partial charge is 0.383 e. The van der Waals surface area contributed by atoms with E-state index in [1.165, 1.54) is 50.2 Å². The molecule has 0 saturated carbocycles. The first-order valence-electron chi connectivity index (χ1n) is 11.0. The van der Waals surface area contributed by atoms with Crippen LogP contribution < -0.4 is 15.4 Å². The molecule has 3 aromatic carbocycles. The Kier molecular flexibility index (Phi) is 6.68. The van der Waals surface area contributed by atoms with Gasteiger partial charge in [0.05, 0.1) is 16.3 Å². The maximum Gasteiger partial charge on any atom is 0.262 e. The first kappa shape index (κ1) is 25.7. The summed E-state index contributed by atoms with van der Waals surface area (Å²) >= 11 is 0. The highest BCUT2D eigenvalue weighted by Gasteiger charge is 2.31. The predicted molar refractivity (Wildman–Crippen MR) is 137 cm³/mol. The summed E-state index contributed by atoms with van der Waals surface area (Å²) in [7, 11) is -4.33. The van der Waals surface area contributed by atoms with Gasteiger partial charge in [0.15, 0.2) is 0 Å². The van der Waals surface area contributed by atoms with E-state index >= 15 is 0 Å². The van der Waals surface area contributed by atoms with Crippen molar-refractivity contribution in [3.8, 4) is 0 Å². The quantitative estimate of drug-likeness (QED) is 0.0794. The molecule has 0 aliphatic carbocycles. The summed E-state index contributed by atoms with van der Waals surface area (Å²) in [5, 5.41) is 23.7. The SMILES string of the molecule is CC(C)(O)C(=N)NS(=O)(=O)c1cccc(C(=O)C(C(=O)c2cccc(F)c2)=C2Nc3ccccc3N2)c1. The summed E-state index contributed by atoms with van der Waals surface area (Å²) in [5.41, 5.74) is -1.08. The molecule has 11 heteroatoms. The number of nitrogens with one attached hydrogen (secondary N) is 4. The van der Waals surface area contributed by atoms with Gasteiger partial charge in [-0.05, 0) is 50.2 Å². The normalized spacial score (nSPS) is 12.7. The highest BCUT2D eigenvalue weighted by molar-refractivity contribution is 7.90. The van der Waals surface area contributed by atoms with Gasteiger partial charge in [0.1, 0.15) is 28.6 Å². The number of hydrogen-bond donors (Lipinski definition) is 5. The minimum absolute atomic E-state index is 0.0654. The van der Waals surface area contributed by atoms with Crippen LogP contribution in [0.5, 0.6) is 0 Å². The summed E-state index contributed by atoms with van der Waals surface area (Å²) in [6.45, 7) is 2.49. The van der Waals surface area contributed by atoms with Crippen molar-refractivity contribution >= 4 is 38.8 Å². The lowest BCUT2D eigenvalue weighted by molar-refractivity contribution is 0.0960. The van der Waals surface area contributed by atoms with Crippen molar-refractivity contribution in [3.05, 3.63) is 101 Å². The molecule has 0 aromatic heterocycles. The average molecular weight is 523 g/mol. The van der Waals surface area contributed by atoms with E-state index in [9.17, 15) is 27.5 Å². The Hall–Kier alpha value is -4.35. The zero-order valence-electron chi connectivity index (χ0n) is 19.8. The molecular formula is C26H23FN4O5S. The van der Waals surface area contributed by atoms with E-state index in [1.807, 2.05) is 4.72 Å². The number of allylic oxidation sites excluding steroid dienone is 1. The van der Waals surface area contributed by atoms with Crippen molar-refractivity contribution in [2.75, 3.05) is 10.6 Å². The maximum atomic E-state index is 13.9. The van der Waals surface area contributed by atoms with Crippen LogP contribution in [0, 0.1) is 11.2 Å². The van der Waals surface area contributed by atoms with E-state index in [-0.39, 0.29) is 27.4 Å². The van der Waals surface area contributed by atoms with Gasteiger partial charge in [-0.1, -0.05) is 36.4 Å². The molecule has 0 amide bonds. The van der Waals surface area contributed by atoms with E-state index < -0.39 is 38.8 Å². The van der Waals surface area contributed by atoms with E-state index in [1.54, 1.807) is 24.3 Å². The number of ketones is 2. The molecular weight excluding hydrogens is 499 g/mol. The number of amidine groups is 1. The predicted octanol–water partition coefficient (Wildman–Crippen LogP) is 3.67. The lowest BCUT2D eigenvalue weighted by Crippen LogP contribution is -2.44. The van der Waals surface area contributed by atoms with E-state index in [0.717, 1.165) is 12.1 Å². The van der Waals surface area contributed by atoms with Gasteiger partial charge in [-0.25, -0.2) is 12.8 Å². The van der Waals surface area contributed by atoms with Crippen molar-refractivity contribution < 1.29 is 27.5 Å². The Morgan fingerprint density at radius 1 is 0.892 bits per heavy atom. The molecule has 3 aromatic rings. The average Bonchev–Trinajstić information content (AvgIpc) is 3.27. The number of sulfonamides is 1. The van der Waals surface area contributed by atoms with E-state index in [2.05, 4.69) is 10.6 Å². The van der Waals surface area contributed by atoms with Crippen LogP contribution in [0.25, 0.3) is 0 Å². The summed E-state index contributed by atoms with van der Waals surface area (Å²) < 4.78 is 41.5. The second-order valence-electron chi connectivity index (χ2n) is 8.78. The molecule has 1 heterocycles. The number of fused-ring (bicyclic) bond motifs is 1. The number of rotatable bonds is 7. The third kappa shape index (κ3) is 5.42. The maximum absolute atomic E-state index is 13.9.